The molecule has 3 aromatic carbocycles. The van der Waals surface area contributed by atoms with E-state index in [0.717, 1.165) is 28.3 Å². The Kier molecular flexibility index (Phi) is 7.41. The normalized spacial score (nSPS) is 15.9. The minimum absolute atomic E-state index is 0.0555. The van der Waals surface area contributed by atoms with Crippen LogP contribution in [0.3, 0.4) is 0 Å². The number of halogens is 1. The summed E-state index contributed by atoms with van der Waals surface area (Å²) in [5.74, 6) is -0.151. The van der Waals surface area contributed by atoms with Crippen LogP contribution in [0.5, 0.6) is 0 Å². The molecular formula is C29H29ClN2O3S2. The number of nitrogens with zero attached hydrogens (tertiary/aromatic N) is 2. The number of carbonyl (C=O) groups is 1. The van der Waals surface area contributed by atoms with Crippen molar-refractivity contribution in [3.8, 4) is 0 Å². The van der Waals surface area contributed by atoms with E-state index in [9.17, 15) is 13.2 Å². The van der Waals surface area contributed by atoms with E-state index in [1.54, 1.807) is 23.5 Å². The first-order chi connectivity index (χ1) is 17.7. The van der Waals surface area contributed by atoms with Gasteiger partial charge in [-0.15, -0.1) is 11.3 Å². The molecule has 0 bridgehead atoms. The van der Waals surface area contributed by atoms with Crippen LogP contribution in [-0.2, 0) is 21.2 Å². The van der Waals surface area contributed by atoms with Crippen molar-refractivity contribution in [3.05, 3.63) is 99.2 Å². The van der Waals surface area contributed by atoms with Crippen LogP contribution >= 0.6 is 22.9 Å². The zero-order valence-electron chi connectivity index (χ0n) is 20.8. The molecule has 192 valence electrons. The molecule has 2 heterocycles. The van der Waals surface area contributed by atoms with Crippen molar-refractivity contribution in [2.45, 2.75) is 31.2 Å². The molecule has 4 aromatic rings. The van der Waals surface area contributed by atoms with Crippen molar-refractivity contribution >= 4 is 49.6 Å². The quantitative estimate of drug-likeness (QED) is 0.267. The average molecular weight is 553 g/mol. The highest BCUT2D eigenvalue weighted by atomic mass is 35.5. The van der Waals surface area contributed by atoms with E-state index < -0.39 is 10.0 Å². The molecule has 1 atom stereocenters. The molecule has 1 aliphatic heterocycles. The second kappa shape index (κ2) is 10.6. The first-order valence-electron chi connectivity index (χ1n) is 12.3. The number of thiophene rings is 1. The predicted octanol–water partition coefficient (Wildman–Crippen LogP) is 6.38. The van der Waals surface area contributed by atoms with Gasteiger partial charge in [-0.3, -0.25) is 4.79 Å². The number of rotatable bonds is 7. The van der Waals surface area contributed by atoms with E-state index >= 15 is 0 Å². The predicted molar refractivity (Wildman–Crippen MR) is 151 cm³/mol. The van der Waals surface area contributed by atoms with Gasteiger partial charge in [0.15, 0.2) is 0 Å². The number of hydrogen-bond donors (Lipinski definition) is 0. The van der Waals surface area contributed by atoms with Gasteiger partial charge in [0, 0.05) is 23.0 Å². The molecular weight excluding hydrogens is 524 g/mol. The topological polar surface area (TPSA) is 57.7 Å². The maximum Gasteiger partial charge on any atom is 0.243 e. The SMILES string of the molecule is CC(C)CN(CC(=O)N1CCc2sccc2C1c1ccc(Cl)cc1)S(=O)(=O)c1ccc2ccccc2c1. The van der Waals surface area contributed by atoms with Crippen molar-refractivity contribution in [2.24, 2.45) is 5.92 Å². The number of amides is 1. The highest BCUT2D eigenvalue weighted by molar-refractivity contribution is 7.89. The van der Waals surface area contributed by atoms with Crippen LogP contribution in [-0.4, -0.2) is 43.2 Å². The van der Waals surface area contributed by atoms with Gasteiger partial charge in [-0.2, -0.15) is 4.31 Å². The summed E-state index contributed by atoms with van der Waals surface area (Å²) in [5, 5.41) is 4.51. The number of carbonyl (C=O) groups excluding carboxylic acids is 1. The lowest BCUT2D eigenvalue weighted by molar-refractivity contribution is -0.133. The van der Waals surface area contributed by atoms with Crippen LogP contribution in [0.1, 0.15) is 35.9 Å². The van der Waals surface area contributed by atoms with Crippen molar-refractivity contribution < 1.29 is 13.2 Å². The first kappa shape index (κ1) is 25.9. The third-order valence-corrected chi connectivity index (χ3v) is 9.77. The highest BCUT2D eigenvalue weighted by Crippen LogP contribution is 2.38. The first-order valence-corrected chi connectivity index (χ1v) is 15.0. The third-order valence-electron chi connectivity index (χ3n) is 6.71. The Balaban J connectivity index is 1.48. The monoisotopic (exact) mass is 552 g/mol. The van der Waals surface area contributed by atoms with Crippen molar-refractivity contribution in [1.82, 2.24) is 9.21 Å². The second-order valence-electron chi connectivity index (χ2n) is 9.79. The minimum atomic E-state index is -3.89. The largest absolute Gasteiger partial charge is 0.330 e. The number of hydrogen-bond acceptors (Lipinski definition) is 4. The van der Waals surface area contributed by atoms with Gasteiger partial charge in [-0.25, -0.2) is 8.42 Å². The van der Waals surface area contributed by atoms with E-state index in [1.807, 2.05) is 73.3 Å². The van der Waals surface area contributed by atoms with Gasteiger partial charge in [-0.05, 0) is 69.9 Å². The van der Waals surface area contributed by atoms with E-state index in [-0.39, 0.29) is 35.9 Å². The third kappa shape index (κ3) is 5.32. The Labute approximate surface area is 227 Å². The van der Waals surface area contributed by atoms with Crippen molar-refractivity contribution in [2.75, 3.05) is 19.6 Å². The molecule has 0 saturated carbocycles. The summed E-state index contributed by atoms with van der Waals surface area (Å²) < 4.78 is 29.0. The fourth-order valence-corrected chi connectivity index (χ4v) is 7.58. The number of sulfonamides is 1. The Bertz CT molecular complexity index is 1530. The lowest BCUT2D eigenvalue weighted by Gasteiger charge is -2.37. The molecule has 0 radical (unpaired) electrons. The van der Waals surface area contributed by atoms with Crippen LogP contribution in [0, 0.1) is 5.92 Å². The Morgan fingerprint density at radius 3 is 2.51 bits per heavy atom. The molecule has 0 N–H and O–H groups in total. The summed E-state index contributed by atoms with van der Waals surface area (Å²) >= 11 is 7.83. The molecule has 1 unspecified atom stereocenters. The molecule has 1 amide bonds. The minimum Gasteiger partial charge on any atom is -0.330 e. The number of benzene rings is 3. The lowest BCUT2D eigenvalue weighted by Crippen LogP contribution is -2.47. The van der Waals surface area contributed by atoms with Gasteiger partial charge in [0.05, 0.1) is 17.5 Å². The fourth-order valence-electron chi connectivity index (χ4n) is 4.96. The molecule has 1 aromatic heterocycles. The zero-order chi connectivity index (χ0) is 26.2. The smallest absolute Gasteiger partial charge is 0.243 e. The molecule has 0 spiro atoms. The van der Waals surface area contributed by atoms with Gasteiger partial charge in [0.25, 0.3) is 0 Å². The molecule has 5 rings (SSSR count). The summed E-state index contributed by atoms with van der Waals surface area (Å²) in [6.07, 6.45) is 0.754. The molecule has 0 fully saturated rings. The fraction of sp³-hybridized carbons (Fsp3) is 0.276. The second-order valence-corrected chi connectivity index (χ2v) is 13.2. The van der Waals surface area contributed by atoms with E-state index in [4.69, 9.17) is 11.6 Å². The van der Waals surface area contributed by atoms with Crippen LogP contribution in [0.25, 0.3) is 10.8 Å². The standard InChI is InChI=1S/C29H29ClN2O3S2/c1-20(2)18-31(37(34,35)25-12-9-21-5-3-4-6-23(21)17-25)19-28(33)32-15-13-27-26(14-16-36-27)29(32)22-7-10-24(30)11-8-22/h3-12,14,16-17,20,29H,13,15,18-19H2,1-2H3. The van der Waals surface area contributed by atoms with Gasteiger partial charge in [0.1, 0.15) is 0 Å². The Hall–Kier alpha value is -2.71. The van der Waals surface area contributed by atoms with Crippen LogP contribution in [0.2, 0.25) is 5.02 Å². The summed E-state index contributed by atoms with van der Waals surface area (Å²) in [6, 6.07) is 22.1. The van der Waals surface area contributed by atoms with E-state index in [2.05, 4.69) is 11.4 Å². The molecule has 0 saturated heterocycles. The zero-order valence-corrected chi connectivity index (χ0v) is 23.2. The highest BCUT2D eigenvalue weighted by Gasteiger charge is 2.36. The summed E-state index contributed by atoms with van der Waals surface area (Å²) in [5.41, 5.74) is 2.06. The van der Waals surface area contributed by atoms with Crippen molar-refractivity contribution in [3.63, 3.8) is 0 Å². The van der Waals surface area contributed by atoms with Crippen LogP contribution in [0.15, 0.2) is 83.1 Å². The average Bonchev–Trinajstić information content (AvgIpc) is 3.37. The van der Waals surface area contributed by atoms with Gasteiger partial charge < -0.3 is 4.90 Å². The van der Waals surface area contributed by atoms with Crippen LogP contribution in [0.4, 0.5) is 0 Å². The van der Waals surface area contributed by atoms with Gasteiger partial charge in [-0.1, -0.05) is 67.9 Å². The van der Waals surface area contributed by atoms with E-state index in [1.165, 1.54) is 9.18 Å². The molecule has 5 nitrogen and oxygen atoms in total. The summed E-state index contributed by atoms with van der Waals surface area (Å²) in [7, 11) is -3.89. The van der Waals surface area contributed by atoms with Gasteiger partial charge >= 0.3 is 0 Å². The van der Waals surface area contributed by atoms with Crippen LogP contribution < -0.4 is 0 Å². The molecule has 8 heteroatoms. The summed E-state index contributed by atoms with van der Waals surface area (Å²) in [4.78, 5) is 17.1. The Morgan fingerprint density at radius 2 is 1.78 bits per heavy atom. The lowest BCUT2D eigenvalue weighted by atomic mass is 9.93. The van der Waals surface area contributed by atoms with Crippen molar-refractivity contribution in [1.29, 1.82) is 0 Å². The van der Waals surface area contributed by atoms with E-state index in [0.29, 0.717) is 11.6 Å². The summed E-state index contributed by atoms with van der Waals surface area (Å²) in [6.45, 7) is 4.50. The Morgan fingerprint density at radius 1 is 1.05 bits per heavy atom. The maximum atomic E-state index is 13.9. The molecule has 0 aliphatic carbocycles. The van der Waals surface area contributed by atoms with Gasteiger partial charge in [0.2, 0.25) is 15.9 Å². The maximum absolute atomic E-state index is 13.9. The molecule has 37 heavy (non-hydrogen) atoms. The molecule has 1 aliphatic rings. The number of fused-ring (bicyclic) bond motifs is 2.